The minimum Gasteiger partial charge on any atom is -0.330 e. The van der Waals surface area contributed by atoms with Gasteiger partial charge in [0.1, 0.15) is 0 Å². The molecule has 13 heavy (non-hydrogen) atoms. The topological polar surface area (TPSA) is 26.0 Å². The summed E-state index contributed by atoms with van der Waals surface area (Å²) in [5.41, 5.74) is 5.21. The highest BCUT2D eigenvalue weighted by Gasteiger charge is 1.80. The fourth-order valence-corrected chi connectivity index (χ4v) is 1.79. The van der Waals surface area contributed by atoms with E-state index in [1.807, 2.05) is 23.5 Å². The molecule has 0 radical (unpaired) electrons. The van der Waals surface area contributed by atoms with Crippen LogP contribution in [-0.2, 0) is 0 Å². The molecule has 0 bridgehead atoms. The molecule has 0 heterocycles. The summed E-state index contributed by atoms with van der Waals surface area (Å²) >= 11 is 3.86. The zero-order valence-electron chi connectivity index (χ0n) is 9.34. The molecule has 0 aromatic heterocycles. The van der Waals surface area contributed by atoms with Crippen LogP contribution in [-0.4, -0.2) is 30.6 Å². The standard InChI is InChI=1S/C5H13N.C5H12S2/c1-2-3-4-5-6;1-6-4-3-5-7-2/h2-6H2,1H3;3-5H2,1-2H3. The van der Waals surface area contributed by atoms with Gasteiger partial charge in [0, 0.05) is 0 Å². The van der Waals surface area contributed by atoms with E-state index in [0.717, 1.165) is 6.54 Å². The van der Waals surface area contributed by atoms with Crippen molar-refractivity contribution in [1.82, 2.24) is 0 Å². The van der Waals surface area contributed by atoms with Crippen molar-refractivity contribution in [2.24, 2.45) is 5.73 Å². The second-order valence-electron chi connectivity index (χ2n) is 2.83. The maximum absolute atomic E-state index is 5.21. The van der Waals surface area contributed by atoms with Gasteiger partial charge in [-0.2, -0.15) is 23.5 Å². The number of hydrogen-bond donors (Lipinski definition) is 1. The largest absolute Gasteiger partial charge is 0.330 e. The van der Waals surface area contributed by atoms with Gasteiger partial charge in [-0.05, 0) is 43.4 Å². The van der Waals surface area contributed by atoms with Gasteiger partial charge in [0.05, 0.1) is 0 Å². The molecule has 3 heteroatoms. The second-order valence-corrected chi connectivity index (χ2v) is 4.81. The first kappa shape index (κ1) is 16.1. The average molecular weight is 223 g/mol. The van der Waals surface area contributed by atoms with Crippen molar-refractivity contribution in [2.75, 3.05) is 30.6 Å². The minimum absolute atomic E-state index is 0.855. The van der Waals surface area contributed by atoms with E-state index in [9.17, 15) is 0 Å². The highest BCUT2D eigenvalue weighted by Crippen LogP contribution is 2.00. The summed E-state index contributed by atoms with van der Waals surface area (Å²) in [5, 5.41) is 0. The van der Waals surface area contributed by atoms with Gasteiger partial charge in [-0.25, -0.2) is 0 Å². The van der Waals surface area contributed by atoms with Crippen molar-refractivity contribution in [2.45, 2.75) is 32.6 Å². The highest BCUT2D eigenvalue weighted by molar-refractivity contribution is 7.99. The summed E-state index contributed by atoms with van der Waals surface area (Å²) in [4.78, 5) is 0. The van der Waals surface area contributed by atoms with E-state index in [1.165, 1.54) is 37.2 Å². The monoisotopic (exact) mass is 223 g/mol. The molecule has 0 aromatic rings. The average Bonchev–Trinajstić information content (AvgIpc) is 2.17. The molecule has 0 spiro atoms. The lowest BCUT2D eigenvalue weighted by molar-refractivity contribution is 0.727. The van der Waals surface area contributed by atoms with E-state index in [4.69, 9.17) is 5.73 Å². The van der Waals surface area contributed by atoms with Gasteiger partial charge in [-0.3, -0.25) is 0 Å². The molecule has 82 valence electrons. The molecule has 0 aromatic carbocycles. The van der Waals surface area contributed by atoms with Crippen molar-refractivity contribution in [1.29, 1.82) is 0 Å². The second kappa shape index (κ2) is 18.4. The molecule has 0 saturated heterocycles. The lowest BCUT2D eigenvalue weighted by Gasteiger charge is -1.90. The van der Waals surface area contributed by atoms with Crippen LogP contribution in [0.15, 0.2) is 0 Å². The third-order valence-electron chi connectivity index (χ3n) is 1.50. The molecule has 0 aliphatic carbocycles. The van der Waals surface area contributed by atoms with E-state index in [-0.39, 0.29) is 0 Å². The van der Waals surface area contributed by atoms with Crippen LogP contribution in [0.3, 0.4) is 0 Å². The Morgan fingerprint density at radius 1 is 0.923 bits per heavy atom. The SMILES string of the molecule is CCCCCN.CSCCCSC. The van der Waals surface area contributed by atoms with Crippen LogP contribution >= 0.6 is 23.5 Å². The predicted octanol–water partition coefficient (Wildman–Crippen LogP) is 3.24. The molecule has 0 rings (SSSR count). The number of unbranched alkanes of at least 4 members (excludes halogenated alkanes) is 2. The molecule has 0 fully saturated rings. The summed E-state index contributed by atoms with van der Waals surface area (Å²) in [6, 6.07) is 0. The minimum atomic E-state index is 0.855. The van der Waals surface area contributed by atoms with Crippen molar-refractivity contribution in [3.63, 3.8) is 0 Å². The molecule has 0 atom stereocenters. The zero-order valence-corrected chi connectivity index (χ0v) is 11.0. The summed E-state index contributed by atoms with van der Waals surface area (Å²) in [7, 11) is 0. The maximum Gasteiger partial charge on any atom is -0.00625 e. The van der Waals surface area contributed by atoms with Crippen molar-refractivity contribution < 1.29 is 0 Å². The number of hydrogen-bond acceptors (Lipinski definition) is 3. The van der Waals surface area contributed by atoms with Crippen LogP contribution in [0.5, 0.6) is 0 Å². The lowest BCUT2D eigenvalue weighted by Crippen LogP contribution is -1.96. The normalized spacial score (nSPS) is 9.23. The van der Waals surface area contributed by atoms with Crippen molar-refractivity contribution in [3.05, 3.63) is 0 Å². The first-order valence-corrected chi connectivity index (χ1v) is 7.80. The first-order chi connectivity index (χ1) is 6.33. The maximum atomic E-state index is 5.21. The van der Waals surface area contributed by atoms with Crippen LogP contribution in [0.2, 0.25) is 0 Å². The molecule has 0 amide bonds. The zero-order chi connectivity index (χ0) is 10.4. The van der Waals surface area contributed by atoms with Crippen LogP contribution in [0.25, 0.3) is 0 Å². The first-order valence-electron chi connectivity index (χ1n) is 5.01. The number of thioether (sulfide) groups is 2. The van der Waals surface area contributed by atoms with E-state index in [2.05, 4.69) is 19.4 Å². The Kier molecular flexibility index (Phi) is 22.8. The van der Waals surface area contributed by atoms with E-state index in [1.54, 1.807) is 0 Å². The molecule has 0 aliphatic rings. The van der Waals surface area contributed by atoms with Crippen molar-refractivity contribution in [3.8, 4) is 0 Å². The quantitative estimate of drug-likeness (QED) is 0.671. The summed E-state index contributed by atoms with van der Waals surface area (Å²) in [6.45, 7) is 3.03. The smallest absolute Gasteiger partial charge is 0.00625 e. The van der Waals surface area contributed by atoms with Gasteiger partial charge in [0.2, 0.25) is 0 Å². The predicted molar refractivity (Wildman–Crippen MR) is 70.0 cm³/mol. The van der Waals surface area contributed by atoms with Crippen LogP contribution in [0.4, 0.5) is 0 Å². The molecule has 1 nitrogen and oxygen atoms in total. The number of rotatable bonds is 7. The van der Waals surface area contributed by atoms with Crippen LogP contribution in [0.1, 0.15) is 32.6 Å². The van der Waals surface area contributed by atoms with Gasteiger partial charge in [0.15, 0.2) is 0 Å². The Labute approximate surface area is 92.6 Å². The van der Waals surface area contributed by atoms with Gasteiger partial charge in [-0.1, -0.05) is 19.8 Å². The lowest BCUT2D eigenvalue weighted by atomic mass is 10.3. The third kappa shape index (κ3) is 24.5. The molecule has 0 saturated carbocycles. The van der Waals surface area contributed by atoms with E-state index >= 15 is 0 Å². The van der Waals surface area contributed by atoms with Crippen LogP contribution in [0, 0.1) is 0 Å². The molecular weight excluding hydrogens is 198 g/mol. The molecule has 0 unspecified atom stereocenters. The van der Waals surface area contributed by atoms with Gasteiger partial charge < -0.3 is 5.73 Å². The van der Waals surface area contributed by atoms with Gasteiger partial charge in [-0.15, -0.1) is 0 Å². The summed E-state index contributed by atoms with van der Waals surface area (Å²) in [5.74, 6) is 2.64. The fraction of sp³-hybridized carbons (Fsp3) is 1.00. The Bertz CT molecular complexity index is 61.9. The highest BCUT2D eigenvalue weighted by atomic mass is 32.2. The summed E-state index contributed by atoms with van der Waals surface area (Å²) < 4.78 is 0. The Morgan fingerprint density at radius 3 is 1.69 bits per heavy atom. The molecular formula is C10H25NS2. The Morgan fingerprint density at radius 2 is 1.46 bits per heavy atom. The molecule has 0 aliphatic heterocycles. The van der Waals surface area contributed by atoms with Gasteiger partial charge in [0.25, 0.3) is 0 Å². The number of nitrogens with two attached hydrogens (primary N) is 1. The Balaban J connectivity index is 0. The van der Waals surface area contributed by atoms with Crippen LogP contribution < -0.4 is 5.73 Å². The third-order valence-corrected chi connectivity index (χ3v) is 2.90. The Hall–Kier alpha value is 0.660. The van der Waals surface area contributed by atoms with E-state index in [0.29, 0.717) is 0 Å². The van der Waals surface area contributed by atoms with E-state index < -0.39 is 0 Å². The summed E-state index contributed by atoms with van der Waals surface area (Å²) in [6.07, 6.45) is 9.42. The van der Waals surface area contributed by atoms with Crippen molar-refractivity contribution >= 4 is 23.5 Å². The molecule has 2 N–H and O–H groups in total. The fourth-order valence-electron chi connectivity index (χ4n) is 0.742. The van der Waals surface area contributed by atoms with Gasteiger partial charge >= 0.3 is 0 Å².